The second-order valence-corrected chi connectivity index (χ2v) is 10.2. The van der Waals surface area contributed by atoms with E-state index in [-0.39, 0.29) is 30.0 Å². The van der Waals surface area contributed by atoms with Gasteiger partial charge in [0.25, 0.3) is 0 Å². The van der Waals surface area contributed by atoms with E-state index in [1.165, 1.54) is 0 Å². The van der Waals surface area contributed by atoms with Gasteiger partial charge in [-0.2, -0.15) is 5.10 Å². The number of oxazole rings is 1. The molecule has 1 N–H and O–H groups in total. The fourth-order valence-corrected chi connectivity index (χ4v) is 5.40. The summed E-state index contributed by atoms with van der Waals surface area (Å²) in [5.41, 5.74) is 6.88. The van der Waals surface area contributed by atoms with Gasteiger partial charge in [0.1, 0.15) is 17.9 Å². The molecule has 8 nitrogen and oxygen atoms in total. The molecule has 0 aliphatic carbocycles. The van der Waals surface area contributed by atoms with E-state index >= 15 is 0 Å². The van der Waals surface area contributed by atoms with Crippen molar-refractivity contribution in [2.45, 2.75) is 52.7 Å². The zero-order valence-corrected chi connectivity index (χ0v) is 22.1. The molecule has 0 radical (unpaired) electrons. The van der Waals surface area contributed by atoms with Gasteiger partial charge in [-0.25, -0.2) is 10.4 Å². The van der Waals surface area contributed by atoms with Crippen molar-refractivity contribution in [2.75, 3.05) is 26.2 Å². The predicted octanol–water partition coefficient (Wildman–Crippen LogP) is 4.87. The molecule has 0 bridgehead atoms. The Labute approximate surface area is 218 Å². The number of rotatable bonds is 8. The maximum Gasteiger partial charge on any atom is 0.243 e. The van der Waals surface area contributed by atoms with Gasteiger partial charge in [-0.1, -0.05) is 26.3 Å². The minimum Gasteiger partial charge on any atom is -0.492 e. The third kappa shape index (κ3) is 5.70. The van der Waals surface area contributed by atoms with Crippen LogP contribution in [0.25, 0.3) is 22.6 Å². The molecule has 37 heavy (non-hydrogen) atoms. The largest absolute Gasteiger partial charge is 0.492 e. The van der Waals surface area contributed by atoms with E-state index in [0.29, 0.717) is 18.1 Å². The molecular weight excluding hydrogens is 468 g/mol. The highest BCUT2D eigenvalue weighted by atomic mass is 16.5. The van der Waals surface area contributed by atoms with Crippen LogP contribution in [0.2, 0.25) is 0 Å². The maximum atomic E-state index is 12.3. The quantitative estimate of drug-likeness (QED) is 0.471. The second kappa shape index (κ2) is 11.0. The number of aromatic nitrogens is 1. The summed E-state index contributed by atoms with van der Waals surface area (Å²) in [6.45, 7) is 11.8. The highest BCUT2D eigenvalue weighted by molar-refractivity contribution is 6.07. The number of carbonyl (C=O) groups excluding carboxylic acids is 1. The normalized spacial score (nSPS) is 24.6. The molecule has 1 aromatic heterocycles. The van der Waals surface area contributed by atoms with Crippen LogP contribution >= 0.6 is 0 Å². The Kier molecular flexibility index (Phi) is 7.58. The molecule has 3 aromatic rings. The zero-order valence-electron chi connectivity index (χ0n) is 22.1. The molecule has 196 valence electrons. The van der Waals surface area contributed by atoms with Gasteiger partial charge >= 0.3 is 0 Å². The van der Waals surface area contributed by atoms with E-state index in [1.54, 1.807) is 0 Å². The van der Waals surface area contributed by atoms with Crippen LogP contribution < -0.4 is 10.2 Å². The minimum atomic E-state index is -0.0693. The Hall–Kier alpha value is -3.23. The fraction of sp³-hybridized carbons (Fsp3) is 0.483. The van der Waals surface area contributed by atoms with Gasteiger partial charge in [-0.15, -0.1) is 0 Å². The molecule has 2 aliphatic rings. The van der Waals surface area contributed by atoms with Crippen molar-refractivity contribution in [1.82, 2.24) is 15.3 Å². The van der Waals surface area contributed by atoms with Crippen LogP contribution in [0.5, 0.6) is 5.75 Å². The summed E-state index contributed by atoms with van der Waals surface area (Å²) in [5, 5.41) is 4.37. The highest BCUT2D eigenvalue weighted by Crippen LogP contribution is 2.30. The van der Waals surface area contributed by atoms with Crippen molar-refractivity contribution in [3.63, 3.8) is 0 Å². The lowest BCUT2D eigenvalue weighted by Gasteiger charge is -2.35. The first kappa shape index (κ1) is 25.4. The van der Waals surface area contributed by atoms with Crippen LogP contribution in [0.4, 0.5) is 0 Å². The third-order valence-electron chi connectivity index (χ3n) is 7.21. The van der Waals surface area contributed by atoms with Gasteiger partial charge in [0.05, 0.1) is 17.9 Å². The molecule has 0 unspecified atom stereocenters. The van der Waals surface area contributed by atoms with Crippen molar-refractivity contribution < 1.29 is 18.7 Å². The molecule has 4 atom stereocenters. The number of benzene rings is 2. The Morgan fingerprint density at radius 1 is 1.05 bits per heavy atom. The number of amides is 1. The zero-order chi connectivity index (χ0) is 25.9. The summed E-state index contributed by atoms with van der Waals surface area (Å²) in [6, 6.07) is 13.8. The summed E-state index contributed by atoms with van der Waals surface area (Å²) in [7, 11) is 0. The van der Waals surface area contributed by atoms with Gasteiger partial charge < -0.3 is 13.9 Å². The molecule has 8 heteroatoms. The van der Waals surface area contributed by atoms with E-state index in [4.69, 9.17) is 13.9 Å². The summed E-state index contributed by atoms with van der Waals surface area (Å²) in [5.74, 6) is 1.35. The number of morpholine rings is 1. The molecule has 2 aromatic carbocycles. The number of fused-ring (bicyclic) bond motifs is 1. The lowest BCUT2D eigenvalue weighted by molar-refractivity contribution is -0.126. The summed E-state index contributed by atoms with van der Waals surface area (Å²) in [6.07, 6.45) is 2.31. The SMILES string of the molecule is CCC[C@H]1C(=O)NN=C(c2ccc3nc(-c4ccc(OCCN5C[C@@H](C)O[C@@H](C)C5)cc4)oc3c2)[C@@H]1C. The Bertz CT molecular complexity index is 1260. The van der Waals surface area contributed by atoms with Crippen molar-refractivity contribution in [2.24, 2.45) is 16.9 Å². The Morgan fingerprint density at radius 2 is 1.78 bits per heavy atom. The topological polar surface area (TPSA) is 89.2 Å². The van der Waals surface area contributed by atoms with E-state index in [9.17, 15) is 4.79 Å². The average Bonchev–Trinajstić information content (AvgIpc) is 3.30. The molecule has 0 saturated carbocycles. The predicted molar refractivity (Wildman–Crippen MR) is 144 cm³/mol. The second-order valence-electron chi connectivity index (χ2n) is 10.2. The fourth-order valence-electron chi connectivity index (χ4n) is 5.40. The van der Waals surface area contributed by atoms with Gasteiger partial charge in [0, 0.05) is 42.6 Å². The van der Waals surface area contributed by atoms with E-state index in [2.05, 4.69) is 48.1 Å². The number of hydrogen-bond donors (Lipinski definition) is 1. The molecule has 1 saturated heterocycles. The summed E-state index contributed by atoms with van der Waals surface area (Å²) >= 11 is 0. The summed E-state index contributed by atoms with van der Waals surface area (Å²) in [4.78, 5) is 19.3. The minimum absolute atomic E-state index is 0.00107. The highest BCUT2D eigenvalue weighted by Gasteiger charge is 2.32. The van der Waals surface area contributed by atoms with Crippen molar-refractivity contribution in [3.05, 3.63) is 48.0 Å². The van der Waals surface area contributed by atoms with Crippen LogP contribution in [-0.2, 0) is 9.53 Å². The van der Waals surface area contributed by atoms with Crippen LogP contribution in [-0.4, -0.2) is 60.0 Å². The Morgan fingerprint density at radius 3 is 2.51 bits per heavy atom. The van der Waals surface area contributed by atoms with E-state index < -0.39 is 0 Å². The van der Waals surface area contributed by atoms with Gasteiger partial charge in [0.15, 0.2) is 5.58 Å². The van der Waals surface area contributed by atoms with Gasteiger partial charge in [-0.3, -0.25) is 9.69 Å². The first-order valence-electron chi connectivity index (χ1n) is 13.3. The molecule has 0 spiro atoms. The van der Waals surface area contributed by atoms with Crippen molar-refractivity contribution >= 4 is 22.7 Å². The average molecular weight is 505 g/mol. The first-order chi connectivity index (χ1) is 17.9. The van der Waals surface area contributed by atoms with Crippen LogP contribution in [0.3, 0.4) is 0 Å². The third-order valence-corrected chi connectivity index (χ3v) is 7.21. The maximum absolute atomic E-state index is 12.3. The van der Waals surface area contributed by atoms with Crippen LogP contribution in [0.15, 0.2) is 52.0 Å². The van der Waals surface area contributed by atoms with Crippen LogP contribution in [0, 0.1) is 11.8 Å². The number of nitrogens with one attached hydrogen (secondary N) is 1. The number of hydrogen-bond acceptors (Lipinski definition) is 7. The monoisotopic (exact) mass is 504 g/mol. The number of nitrogens with zero attached hydrogens (tertiary/aromatic N) is 3. The first-order valence-corrected chi connectivity index (χ1v) is 13.3. The smallest absolute Gasteiger partial charge is 0.243 e. The van der Waals surface area contributed by atoms with E-state index in [0.717, 1.165) is 60.6 Å². The number of carbonyl (C=O) groups is 1. The number of hydrazone groups is 1. The number of ether oxygens (including phenoxy) is 2. The molecule has 3 heterocycles. The summed E-state index contributed by atoms with van der Waals surface area (Å²) < 4.78 is 17.9. The molecule has 5 rings (SSSR count). The Balaban J connectivity index is 1.24. The molecular formula is C29H36N4O4. The van der Waals surface area contributed by atoms with Crippen molar-refractivity contribution in [1.29, 1.82) is 0 Å². The standard InChI is InChI=1S/C29H36N4O4/c1-5-6-24-20(4)27(31-32-28(24)34)22-9-12-25-26(15-22)37-29(30-25)21-7-10-23(11-8-21)35-14-13-33-16-18(2)36-19(3)17-33/h7-12,15,18-20,24H,5-6,13-14,16-17H2,1-4H3,(H,32,34)/t18-,19+,20-,24-/m1/s1. The molecule has 2 aliphatic heterocycles. The van der Waals surface area contributed by atoms with E-state index in [1.807, 2.05) is 42.5 Å². The lowest BCUT2D eigenvalue weighted by atomic mass is 9.82. The molecule has 1 amide bonds. The van der Waals surface area contributed by atoms with Crippen molar-refractivity contribution in [3.8, 4) is 17.2 Å². The van der Waals surface area contributed by atoms with Gasteiger partial charge in [-0.05, 0) is 56.7 Å². The molecule has 1 fully saturated rings. The van der Waals surface area contributed by atoms with Gasteiger partial charge in [0.2, 0.25) is 11.8 Å². The lowest BCUT2D eigenvalue weighted by Crippen LogP contribution is -2.46. The van der Waals surface area contributed by atoms with Crippen LogP contribution in [0.1, 0.15) is 46.1 Å².